The smallest absolute Gasteiger partial charge is 0.227 e. The molecule has 1 heterocycles. The number of likely N-dealkylation sites (tertiary alicyclic amines) is 1. The molecule has 1 aromatic carbocycles. The lowest BCUT2D eigenvalue weighted by Crippen LogP contribution is -2.41. The third kappa shape index (κ3) is 4.33. The Morgan fingerprint density at radius 1 is 1.23 bits per heavy atom. The fraction of sp³-hybridized carbons (Fsp3) is 0.556. The second kappa shape index (κ2) is 7.97. The minimum Gasteiger partial charge on any atom is -0.343 e. The van der Waals surface area contributed by atoms with E-state index in [0.29, 0.717) is 19.5 Å². The molecule has 1 aliphatic rings. The van der Waals surface area contributed by atoms with Crippen LogP contribution in [0.5, 0.6) is 0 Å². The molecule has 0 aliphatic carbocycles. The number of benzene rings is 1. The van der Waals surface area contributed by atoms with Gasteiger partial charge in [-0.05, 0) is 37.8 Å². The lowest BCUT2D eigenvalue weighted by molar-refractivity contribution is -0.134. The molecule has 4 nitrogen and oxygen atoms in total. The highest BCUT2D eigenvalue weighted by Crippen LogP contribution is 2.21. The maximum atomic E-state index is 12.4. The zero-order chi connectivity index (χ0) is 15.9. The molecule has 1 N–H and O–H groups in total. The van der Waals surface area contributed by atoms with E-state index in [0.717, 1.165) is 36.9 Å². The Morgan fingerprint density at radius 3 is 2.55 bits per heavy atom. The largest absolute Gasteiger partial charge is 0.343 e. The van der Waals surface area contributed by atoms with Crippen molar-refractivity contribution in [1.82, 2.24) is 4.90 Å². The third-order valence-corrected chi connectivity index (χ3v) is 4.37. The van der Waals surface area contributed by atoms with Gasteiger partial charge < -0.3 is 10.2 Å². The molecule has 1 aliphatic heterocycles. The number of carbonyl (C=O) groups excluding carboxylic acids is 2. The zero-order valence-corrected chi connectivity index (χ0v) is 13.6. The van der Waals surface area contributed by atoms with Crippen molar-refractivity contribution in [2.45, 2.75) is 46.0 Å². The molecule has 0 atom stereocenters. The number of anilines is 1. The second-order valence-corrected chi connectivity index (χ2v) is 6.06. The van der Waals surface area contributed by atoms with E-state index >= 15 is 0 Å². The monoisotopic (exact) mass is 302 g/mol. The van der Waals surface area contributed by atoms with Crippen LogP contribution in [0.1, 0.15) is 44.6 Å². The normalized spacial score (nSPS) is 15.6. The predicted molar refractivity (Wildman–Crippen MR) is 88.6 cm³/mol. The van der Waals surface area contributed by atoms with Gasteiger partial charge in [-0.25, -0.2) is 0 Å². The Morgan fingerprint density at radius 2 is 1.91 bits per heavy atom. The van der Waals surface area contributed by atoms with Crippen molar-refractivity contribution in [3.05, 3.63) is 29.8 Å². The first-order valence-corrected chi connectivity index (χ1v) is 8.26. The number of nitrogens with one attached hydrogen (secondary N) is 1. The van der Waals surface area contributed by atoms with E-state index in [1.165, 1.54) is 0 Å². The molecular weight excluding hydrogens is 276 g/mol. The van der Waals surface area contributed by atoms with E-state index in [9.17, 15) is 9.59 Å². The van der Waals surface area contributed by atoms with Crippen LogP contribution in [-0.4, -0.2) is 29.8 Å². The SMILES string of the molecule is CCCCC(=O)N1CCC(C(=O)Nc2ccccc2C)CC1. The number of unbranched alkanes of at least 4 members (excludes halogenated alkanes) is 1. The van der Waals surface area contributed by atoms with E-state index < -0.39 is 0 Å². The van der Waals surface area contributed by atoms with Crippen LogP contribution in [0.4, 0.5) is 5.69 Å². The number of para-hydroxylation sites is 1. The topological polar surface area (TPSA) is 49.4 Å². The highest BCUT2D eigenvalue weighted by molar-refractivity contribution is 5.93. The van der Waals surface area contributed by atoms with Crippen molar-refractivity contribution in [3.63, 3.8) is 0 Å². The molecule has 1 aromatic rings. The summed E-state index contributed by atoms with van der Waals surface area (Å²) in [7, 11) is 0. The van der Waals surface area contributed by atoms with Crippen molar-refractivity contribution in [2.24, 2.45) is 5.92 Å². The Labute approximate surface area is 132 Å². The molecule has 1 saturated heterocycles. The van der Waals surface area contributed by atoms with Gasteiger partial charge in [-0.15, -0.1) is 0 Å². The van der Waals surface area contributed by atoms with Gasteiger partial charge in [0, 0.05) is 31.1 Å². The minimum atomic E-state index is 0.00910. The highest BCUT2D eigenvalue weighted by Gasteiger charge is 2.27. The third-order valence-electron chi connectivity index (χ3n) is 4.37. The van der Waals surface area contributed by atoms with Crippen molar-refractivity contribution in [1.29, 1.82) is 0 Å². The Kier molecular flexibility index (Phi) is 5.99. The van der Waals surface area contributed by atoms with E-state index in [2.05, 4.69) is 12.2 Å². The highest BCUT2D eigenvalue weighted by atomic mass is 16.2. The lowest BCUT2D eigenvalue weighted by atomic mass is 9.95. The molecule has 22 heavy (non-hydrogen) atoms. The number of carbonyl (C=O) groups is 2. The molecule has 4 heteroatoms. The van der Waals surface area contributed by atoms with Gasteiger partial charge >= 0.3 is 0 Å². The number of hydrogen-bond donors (Lipinski definition) is 1. The second-order valence-electron chi connectivity index (χ2n) is 6.06. The van der Waals surface area contributed by atoms with Crippen molar-refractivity contribution in [3.8, 4) is 0 Å². The van der Waals surface area contributed by atoms with Crippen LogP contribution in [0, 0.1) is 12.8 Å². The van der Waals surface area contributed by atoms with Gasteiger partial charge in [-0.3, -0.25) is 9.59 Å². The number of aryl methyl sites for hydroxylation is 1. The number of hydrogen-bond acceptors (Lipinski definition) is 2. The van der Waals surface area contributed by atoms with Gasteiger partial charge in [0.25, 0.3) is 0 Å². The Hall–Kier alpha value is -1.84. The van der Waals surface area contributed by atoms with Crippen LogP contribution in [0.2, 0.25) is 0 Å². The van der Waals surface area contributed by atoms with E-state index in [1.54, 1.807) is 0 Å². The van der Waals surface area contributed by atoms with Gasteiger partial charge in [0.2, 0.25) is 11.8 Å². The summed E-state index contributed by atoms with van der Waals surface area (Å²) in [5.41, 5.74) is 1.96. The van der Waals surface area contributed by atoms with E-state index in [1.807, 2.05) is 36.1 Å². The first-order valence-electron chi connectivity index (χ1n) is 8.26. The van der Waals surface area contributed by atoms with Crippen LogP contribution in [0.3, 0.4) is 0 Å². The standard InChI is InChI=1S/C18H26N2O2/c1-3-4-9-17(21)20-12-10-15(11-13-20)18(22)19-16-8-6-5-7-14(16)2/h5-8,15H,3-4,9-13H2,1-2H3,(H,19,22). The summed E-state index contributed by atoms with van der Waals surface area (Å²) in [4.78, 5) is 26.3. The Balaban J connectivity index is 1.82. The summed E-state index contributed by atoms with van der Waals surface area (Å²) < 4.78 is 0. The average molecular weight is 302 g/mol. The number of nitrogens with zero attached hydrogens (tertiary/aromatic N) is 1. The molecule has 0 bridgehead atoms. The Bertz CT molecular complexity index is 520. The van der Waals surface area contributed by atoms with E-state index in [4.69, 9.17) is 0 Å². The van der Waals surface area contributed by atoms with Gasteiger partial charge in [0.15, 0.2) is 0 Å². The summed E-state index contributed by atoms with van der Waals surface area (Å²) in [6.45, 7) is 5.49. The number of rotatable bonds is 5. The zero-order valence-electron chi connectivity index (χ0n) is 13.6. The quantitative estimate of drug-likeness (QED) is 0.906. The summed E-state index contributed by atoms with van der Waals surface area (Å²) in [6.07, 6.45) is 4.15. The predicted octanol–water partition coefficient (Wildman–Crippen LogP) is 3.36. The van der Waals surface area contributed by atoms with E-state index in [-0.39, 0.29) is 17.7 Å². The van der Waals surface area contributed by atoms with Crippen molar-refractivity contribution >= 4 is 17.5 Å². The summed E-state index contributed by atoms with van der Waals surface area (Å²) in [5, 5.41) is 3.02. The van der Waals surface area contributed by atoms with Crippen LogP contribution < -0.4 is 5.32 Å². The van der Waals surface area contributed by atoms with Crippen molar-refractivity contribution < 1.29 is 9.59 Å². The maximum Gasteiger partial charge on any atom is 0.227 e. The molecule has 0 aromatic heterocycles. The number of amides is 2. The first kappa shape index (κ1) is 16.5. The van der Waals surface area contributed by atoms with Gasteiger partial charge in [0.1, 0.15) is 0 Å². The lowest BCUT2D eigenvalue weighted by Gasteiger charge is -2.31. The van der Waals surface area contributed by atoms with Gasteiger partial charge in [-0.1, -0.05) is 31.5 Å². The molecule has 2 rings (SSSR count). The molecule has 2 amide bonds. The first-order chi connectivity index (χ1) is 10.6. The summed E-state index contributed by atoms with van der Waals surface area (Å²) in [6, 6.07) is 7.81. The van der Waals surface area contributed by atoms with Crippen LogP contribution >= 0.6 is 0 Å². The summed E-state index contributed by atoms with van der Waals surface area (Å²) >= 11 is 0. The fourth-order valence-corrected chi connectivity index (χ4v) is 2.83. The molecule has 0 radical (unpaired) electrons. The van der Waals surface area contributed by atoms with Crippen LogP contribution in [0.25, 0.3) is 0 Å². The van der Waals surface area contributed by atoms with Crippen LogP contribution in [0.15, 0.2) is 24.3 Å². The minimum absolute atomic E-state index is 0.00910. The molecular formula is C18H26N2O2. The molecule has 0 spiro atoms. The number of piperidine rings is 1. The molecule has 0 saturated carbocycles. The van der Waals surface area contributed by atoms with Gasteiger partial charge in [-0.2, -0.15) is 0 Å². The maximum absolute atomic E-state index is 12.4. The summed E-state index contributed by atoms with van der Waals surface area (Å²) in [5.74, 6) is 0.324. The van der Waals surface area contributed by atoms with Crippen molar-refractivity contribution in [2.75, 3.05) is 18.4 Å². The molecule has 1 fully saturated rings. The van der Waals surface area contributed by atoms with Crippen LogP contribution in [-0.2, 0) is 9.59 Å². The fourth-order valence-electron chi connectivity index (χ4n) is 2.83. The molecule has 120 valence electrons. The average Bonchev–Trinajstić information content (AvgIpc) is 2.55. The van der Waals surface area contributed by atoms with Gasteiger partial charge in [0.05, 0.1) is 0 Å². The molecule has 0 unspecified atom stereocenters.